The zero-order valence-electron chi connectivity index (χ0n) is 18.3. The molecule has 2 amide bonds. The Morgan fingerprint density at radius 2 is 1.55 bits per heavy atom. The highest BCUT2D eigenvalue weighted by Crippen LogP contribution is 2.18. The van der Waals surface area contributed by atoms with Crippen LogP contribution in [0.25, 0.3) is 0 Å². The molecule has 0 saturated carbocycles. The van der Waals surface area contributed by atoms with Crippen LogP contribution in [-0.2, 0) is 9.59 Å². The molecule has 2 aromatic rings. The largest absolute Gasteiger partial charge is 0.484 e. The predicted molar refractivity (Wildman–Crippen MR) is 122 cm³/mol. The maximum Gasteiger partial charge on any atom is 0.276 e. The van der Waals surface area contributed by atoms with E-state index in [2.05, 4.69) is 46.6 Å². The van der Waals surface area contributed by atoms with Crippen LogP contribution in [0.15, 0.2) is 54.6 Å². The number of para-hydroxylation sites is 1. The molecule has 166 valence electrons. The Hall–Kier alpha value is -3.06. The molecule has 0 aromatic heterocycles. The fraction of sp³-hybridized carbons (Fsp3) is 0.417. The SMILES string of the molecule is CC(C)c1ccc(OCC(=O)NNC(=O)CCN2CCN(c3ccccc3)CC2)cc1. The minimum absolute atomic E-state index is 0.150. The summed E-state index contributed by atoms with van der Waals surface area (Å²) in [6.45, 7) is 8.48. The summed E-state index contributed by atoms with van der Waals surface area (Å²) in [6.07, 6.45) is 0.336. The molecule has 7 heteroatoms. The average Bonchev–Trinajstić information content (AvgIpc) is 2.81. The molecule has 2 N–H and O–H groups in total. The van der Waals surface area contributed by atoms with Gasteiger partial charge < -0.3 is 9.64 Å². The number of hydrogen-bond acceptors (Lipinski definition) is 5. The van der Waals surface area contributed by atoms with Crippen molar-refractivity contribution < 1.29 is 14.3 Å². The number of anilines is 1. The molecular weight excluding hydrogens is 392 g/mol. The van der Waals surface area contributed by atoms with Gasteiger partial charge in [-0.1, -0.05) is 44.2 Å². The van der Waals surface area contributed by atoms with Crippen molar-refractivity contribution in [2.75, 3.05) is 44.2 Å². The van der Waals surface area contributed by atoms with E-state index in [1.807, 2.05) is 42.5 Å². The second kappa shape index (κ2) is 11.4. The quantitative estimate of drug-likeness (QED) is 0.637. The molecule has 0 unspecified atom stereocenters. The number of nitrogens with zero attached hydrogens (tertiary/aromatic N) is 2. The first-order valence-corrected chi connectivity index (χ1v) is 10.8. The lowest BCUT2D eigenvalue weighted by Gasteiger charge is -2.36. The van der Waals surface area contributed by atoms with Crippen molar-refractivity contribution in [2.24, 2.45) is 0 Å². The molecule has 0 atom stereocenters. The number of rotatable bonds is 8. The molecule has 0 radical (unpaired) electrons. The van der Waals surface area contributed by atoms with Crippen LogP contribution in [-0.4, -0.2) is 56.0 Å². The van der Waals surface area contributed by atoms with Gasteiger partial charge in [-0.05, 0) is 35.7 Å². The Balaban J connectivity index is 1.28. The minimum Gasteiger partial charge on any atom is -0.484 e. The molecule has 0 spiro atoms. The Morgan fingerprint density at radius 3 is 2.19 bits per heavy atom. The van der Waals surface area contributed by atoms with E-state index >= 15 is 0 Å². The van der Waals surface area contributed by atoms with Gasteiger partial charge in [0.15, 0.2) is 6.61 Å². The van der Waals surface area contributed by atoms with E-state index in [1.165, 1.54) is 11.3 Å². The fourth-order valence-electron chi connectivity index (χ4n) is 3.46. The van der Waals surface area contributed by atoms with Crippen molar-refractivity contribution in [1.82, 2.24) is 15.8 Å². The van der Waals surface area contributed by atoms with Gasteiger partial charge in [0.2, 0.25) is 5.91 Å². The summed E-state index contributed by atoms with van der Waals surface area (Å²) in [4.78, 5) is 28.6. The smallest absolute Gasteiger partial charge is 0.276 e. The molecule has 1 aliphatic heterocycles. The summed E-state index contributed by atoms with van der Waals surface area (Å²) >= 11 is 0. The highest BCUT2D eigenvalue weighted by atomic mass is 16.5. The molecule has 2 aromatic carbocycles. The van der Waals surface area contributed by atoms with E-state index in [0.29, 0.717) is 24.6 Å². The van der Waals surface area contributed by atoms with E-state index in [-0.39, 0.29) is 12.5 Å². The van der Waals surface area contributed by atoms with Crippen LogP contribution in [0.4, 0.5) is 5.69 Å². The van der Waals surface area contributed by atoms with Crippen molar-refractivity contribution in [2.45, 2.75) is 26.2 Å². The van der Waals surface area contributed by atoms with Gasteiger partial charge in [0.25, 0.3) is 5.91 Å². The van der Waals surface area contributed by atoms with Crippen molar-refractivity contribution in [3.8, 4) is 5.75 Å². The highest BCUT2D eigenvalue weighted by Gasteiger charge is 2.17. The third-order valence-electron chi connectivity index (χ3n) is 5.41. The van der Waals surface area contributed by atoms with Crippen molar-refractivity contribution in [1.29, 1.82) is 0 Å². The second-order valence-electron chi connectivity index (χ2n) is 8.02. The van der Waals surface area contributed by atoms with Crippen LogP contribution in [0.5, 0.6) is 5.75 Å². The number of ether oxygens (including phenoxy) is 1. The van der Waals surface area contributed by atoms with Crippen LogP contribution in [0.3, 0.4) is 0 Å². The molecule has 31 heavy (non-hydrogen) atoms. The van der Waals surface area contributed by atoms with Gasteiger partial charge in [0.05, 0.1) is 0 Å². The van der Waals surface area contributed by atoms with Gasteiger partial charge in [0, 0.05) is 44.8 Å². The van der Waals surface area contributed by atoms with Crippen molar-refractivity contribution in [3.05, 3.63) is 60.2 Å². The van der Waals surface area contributed by atoms with Gasteiger partial charge in [-0.15, -0.1) is 0 Å². The maximum atomic E-state index is 12.0. The number of nitrogens with one attached hydrogen (secondary N) is 2. The molecule has 1 aliphatic rings. The molecule has 1 fully saturated rings. The third kappa shape index (κ3) is 7.29. The van der Waals surface area contributed by atoms with Gasteiger partial charge in [0.1, 0.15) is 5.75 Å². The highest BCUT2D eigenvalue weighted by molar-refractivity contribution is 5.82. The van der Waals surface area contributed by atoms with Crippen LogP contribution >= 0.6 is 0 Å². The molecule has 1 heterocycles. The zero-order valence-corrected chi connectivity index (χ0v) is 18.3. The van der Waals surface area contributed by atoms with Crippen LogP contribution < -0.4 is 20.5 Å². The lowest BCUT2D eigenvalue weighted by Crippen LogP contribution is -2.48. The van der Waals surface area contributed by atoms with Crippen LogP contribution in [0, 0.1) is 0 Å². The molecular formula is C24H32N4O3. The Bertz CT molecular complexity index is 832. The average molecular weight is 425 g/mol. The second-order valence-corrected chi connectivity index (χ2v) is 8.02. The summed E-state index contributed by atoms with van der Waals surface area (Å²) in [7, 11) is 0. The number of benzene rings is 2. The number of piperazine rings is 1. The summed E-state index contributed by atoms with van der Waals surface area (Å²) in [5, 5.41) is 0. The van der Waals surface area contributed by atoms with Gasteiger partial charge in [-0.25, -0.2) is 0 Å². The van der Waals surface area contributed by atoms with Crippen molar-refractivity contribution >= 4 is 17.5 Å². The summed E-state index contributed by atoms with van der Waals surface area (Å²) < 4.78 is 5.46. The number of hydrogen-bond donors (Lipinski definition) is 2. The summed E-state index contributed by atoms with van der Waals surface area (Å²) in [6, 6.07) is 18.0. The number of amides is 2. The summed E-state index contributed by atoms with van der Waals surface area (Å²) in [5.41, 5.74) is 7.32. The van der Waals surface area contributed by atoms with E-state index in [0.717, 1.165) is 26.2 Å². The molecule has 7 nitrogen and oxygen atoms in total. The van der Waals surface area contributed by atoms with Gasteiger partial charge >= 0.3 is 0 Å². The predicted octanol–water partition coefficient (Wildman–Crippen LogP) is 2.55. The van der Waals surface area contributed by atoms with E-state index in [1.54, 1.807) is 0 Å². The topological polar surface area (TPSA) is 73.9 Å². The first-order chi connectivity index (χ1) is 15.0. The molecule has 1 saturated heterocycles. The van der Waals surface area contributed by atoms with Crippen LogP contribution in [0.1, 0.15) is 31.7 Å². The van der Waals surface area contributed by atoms with E-state index in [4.69, 9.17) is 4.74 Å². The van der Waals surface area contributed by atoms with E-state index in [9.17, 15) is 9.59 Å². The Labute approximate surface area is 184 Å². The van der Waals surface area contributed by atoms with Crippen molar-refractivity contribution in [3.63, 3.8) is 0 Å². The Kier molecular flexibility index (Phi) is 8.29. The monoisotopic (exact) mass is 424 g/mol. The first kappa shape index (κ1) is 22.6. The standard InChI is InChI=1S/C24H32N4O3/c1-19(2)20-8-10-22(11-9-20)31-18-24(30)26-25-23(29)12-13-27-14-16-28(17-15-27)21-6-4-3-5-7-21/h3-11,19H,12-18H2,1-2H3,(H,25,29)(H,26,30). The van der Waals surface area contributed by atoms with Gasteiger partial charge in [-0.2, -0.15) is 0 Å². The zero-order chi connectivity index (χ0) is 22.1. The molecule has 0 aliphatic carbocycles. The lowest BCUT2D eigenvalue weighted by molar-refractivity contribution is -0.130. The lowest BCUT2D eigenvalue weighted by atomic mass is 10.0. The first-order valence-electron chi connectivity index (χ1n) is 10.8. The fourth-order valence-corrected chi connectivity index (χ4v) is 3.46. The van der Waals surface area contributed by atoms with E-state index < -0.39 is 5.91 Å². The molecule has 0 bridgehead atoms. The maximum absolute atomic E-state index is 12.0. The number of carbonyl (C=O) groups is 2. The molecule has 3 rings (SSSR count). The minimum atomic E-state index is -0.391. The summed E-state index contributed by atoms with van der Waals surface area (Å²) in [5.74, 6) is 0.471. The number of carbonyl (C=O) groups excluding carboxylic acids is 2. The van der Waals surface area contributed by atoms with Gasteiger partial charge in [-0.3, -0.25) is 25.3 Å². The van der Waals surface area contributed by atoms with Crippen LogP contribution in [0.2, 0.25) is 0 Å². The Morgan fingerprint density at radius 1 is 0.903 bits per heavy atom. The normalized spacial score (nSPS) is 14.4. The number of hydrazine groups is 1. The third-order valence-corrected chi connectivity index (χ3v) is 5.41.